The number of amides is 1. The van der Waals surface area contributed by atoms with E-state index in [0.29, 0.717) is 19.6 Å². The molecule has 0 saturated carbocycles. The molecule has 0 aromatic heterocycles. The molecule has 0 spiro atoms. The predicted octanol–water partition coefficient (Wildman–Crippen LogP) is 2.36. The minimum atomic E-state index is -0.929. The number of hydrogen-bond acceptors (Lipinski definition) is 4. The molecule has 2 rings (SSSR count). The van der Waals surface area contributed by atoms with Gasteiger partial charge in [0.2, 0.25) is 0 Å². The molecule has 24 heavy (non-hydrogen) atoms. The average Bonchev–Trinajstić information content (AvgIpc) is 2.72. The van der Waals surface area contributed by atoms with Crippen molar-refractivity contribution < 1.29 is 23.9 Å². The maximum atomic E-state index is 10.7. The fourth-order valence-corrected chi connectivity index (χ4v) is 2.29. The van der Waals surface area contributed by atoms with Gasteiger partial charge in [-0.05, 0) is 51.7 Å². The van der Waals surface area contributed by atoms with Crippen molar-refractivity contribution in [1.82, 2.24) is 4.90 Å². The molecule has 7 heteroatoms. The summed E-state index contributed by atoms with van der Waals surface area (Å²) in [4.78, 5) is 11.9. The van der Waals surface area contributed by atoms with Crippen molar-refractivity contribution in [2.45, 2.75) is 45.3 Å². The third-order valence-corrected chi connectivity index (χ3v) is 4.64. The number of ether oxygens (including phenoxy) is 1. The maximum absolute atomic E-state index is 10.7. The lowest BCUT2D eigenvalue weighted by Crippen LogP contribution is -2.41. The number of hydrogen-bond donors (Lipinski definition) is 1. The standard InChI is InChI=1S/C17H26BNO5/c1-16(2)17(3,4)24-18(23-16)13-7-9-14(10-8-13)22-12-6-11-19(5)15(20)21/h7-10H,6,11-12H2,1-5H3,(H,20,21). The van der Waals surface area contributed by atoms with E-state index in [1.165, 1.54) is 4.90 Å². The zero-order chi connectivity index (χ0) is 18.0. The molecule has 1 N–H and O–H groups in total. The maximum Gasteiger partial charge on any atom is 0.494 e. The molecule has 1 fully saturated rings. The summed E-state index contributed by atoms with van der Waals surface area (Å²) in [5.74, 6) is 0.744. The first-order chi connectivity index (χ1) is 11.1. The summed E-state index contributed by atoms with van der Waals surface area (Å²) in [5.41, 5.74) is 0.234. The number of benzene rings is 1. The molecule has 0 aliphatic carbocycles. The van der Waals surface area contributed by atoms with Gasteiger partial charge >= 0.3 is 13.2 Å². The number of rotatable bonds is 6. The second-order valence-corrected chi connectivity index (χ2v) is 7.06. The fraction of sp³-hybridized carbons (Fsp3) is 0.588. The van der Waals surface area contributed by atoms with Crippen molar-refractivity contribution in [3.05, 3.63) is 24.3 Å². The molecule has 132 valence electrons. The van der Waals surface area contributed by atoms with Crippen LogP contribution in [0, 0.1) is 0 Å². The average molecular weight is 335 g/mol. The third-order valence-electron chi connectivity index (χ3n) is 4.64. The van der Waals surface area contributed by atoms with Gasteiger partial charge in [-0.25, -0.2) is 4.79 Å². The molecule has 1 aromatic carbocycles. The van der Waals surface area contributed by atoms with E-state index in [-0.39, 0.29) is 18.3 Å². The Labute approximate surface area is 143 Å². The van der Waals surface area contributed by atoms with E-state index in [9.17, 15) is 4.79 Å². The summed E-state index contributed by atoms with van der Waals surface area (Å²) in [6.07, 6.45) is -0.288. The van der Waals surface area contributed by atoms with E-state index in [0.717, 1.165) is 11.2 Å². The molecule has 1 amide bonds. The minimum absolute atomic E-state index is 0.358. The van der Waals surface area contributed by atoms with Crippen LogP contribution in [0.5, 0.6) is 5.75 Å². The monoisotopic (exact) mass is 335 g/mol. The van der Waals surface area contributed by atoms with Crippen LogP contribution in [0.1, 0.15) is 34.1 Å². The molecular weight excluding hydrogens is 309 g/mol. The van der Waals surface area contributed by atoms with Crippen LogP contribution >= 0.6 is 0 Å². The Morgan fingerprint density at radius 3 is 2.21 bits per heavy atom. The van der Waals surface area contributed by atoms with Crippen LogP contribution in [0.4, 0.5) is 4.79 Å². The van der Waals surface area contributed by atoms with Crippen molar-refractivity contribution in [2.75, 3.05) is 20.2 Å². The van der Waals surface area contributed by atoms with E-state index in [4.69, 9.17) is 19.2 Å². The van der Waals surface area contributed by atoms with E-state index < -0.39 is 6.09 Å². The van der Waals surface area contributed by atoms with Gasteiger partial charge < -0.3 is 24.1 Å². The predicted molar refractivity (Wildman–Crippen MR) is 92.9 cm³/mol. The highest BCUT2D eigenvalue weighted by Gasteiger charge is 2.51. The van der Waals surface area contributed by atoms with Crippen molar-refractivity contribution in [3.63, 3.8) is 0 Å². The minimum Gasteiger partial charge on any atom is -0.494 e. The number of carboxylic acid groups (broad SMARTS) is 1. The molecule has 1 aromatic rings. The lowest BCUT2D eigenvalue weighted by Gasteiger charge is -2.32. The van der Waals surface area contributed by atoms with Gasteiger partial charge in [0.05, 0.1) is 17.8 Å². The highest BCUT2D eigenvalue weighted by atomic mass is 16.7. The Morgan fingerprint density at radius 2 is 1.71 bits per heavy atom. The van der Waals surface area contributed by atoms with Gasteiger partial charge in [-0.3, -0.25) is 0 Å². The lowest BCUT2D eigenvalue weighted by atomic mass is 9.79. The zero-order valence-electron chi connectivity index (χ0n) is 15.0. The van der Waals surface area contributed by atoms with Crippen molar-refractivity contribution in [1.29, 1.82) is 0 Å². The Bertz CT molecular complexity index is 557. The number of nitrogens with zero attached hydrogens (tertiary/aromatic N) is 1. The molecule has 1 aliphatic rings. The molecule has 1 heterocycles. The van der Waals surface area contributed by atoms with E-state index in [1.54, 1.807) is 7.05 Å². The van der Waals surface area contributed by atoms with Gasteiger partial charge in [-0.15, -0.1) is 0 Å². The summed E-state index contributed by atoms with van der Waals surface area (Å²) < 4.78 is 17.7. The van der Waals surface area contributed by atoms with E-state index in [1.807, 2.05) is 52.0 Å². The van der Waals surface area contributed by atoms with Gasteiger partial charge in [0, 0.05) is 13.6 Å². The summed E-state index contributed by atoms with van der Waals surface area (Å²) in [6, 6.07) is 7.62. The first-order valence-corrected chi connectivity index (χ1v) is 8.15. The number of carbonyl (C=O) groups is 1. The molecule has 0 bridgehead atoms. The zero-order valence-corrected chi connectivity index (χ0v) is 15.0. The van der Waals surface area contributed by atoms with Gasteiger partial charge in [0.15, 0.2) is 0 Å². The first kappa shape index (κ1) is 18.6. The Hall–Kier alpha value is -1.73. The van der Waals surface area contributed by atoms with E-state index in [2.05, 4.69) is 0 Å². The molecule has 0 atom stereocenters. The SMILES string of the molecule is CN(CCCOc1ccc(B2OC(C)(C)C(C)(C)O2)cc1)C(=O)O. The van der Waals surface area contributed by atoms with E-state index >= 15 is 0 Å². The van der Waals surface area contributed by atoms with Crippen LogP contribution in [0.2, 0.25) is 0 Å². The topological polar surface area (TPSA) is 68.2 Å². The highest BCUT2D eigenvalue weighted by Crippen LogP contribution is 2.36. The molecular formula is C17H26BNO5. The summed E-state index contributed by atoms with van der Waals surface area (Å²) in [6.45, 7) is 9.02. The fourth-order valence-electron chi connectivity index (χ4n) is 2.29. The second-order valence-electron chi connectivity index (χ2n) is 7.06. The first-order valence-electron chi connectivity index (χ1n) is 8.15. The largest absolute Gasteiger partial charge is 0.494 e. The van der Waals surface area contributed by atoms with Gasteiger partial charge in [-0.1, -0.05) is 12.1 Å². The van der Waals surface area contributed by atoms with Gasteiger partial charge in [-0.2, -0.15) is 0 Å². The molecule has 6 nitrogen and oxygen atoms in total. The van der Waals surface area contributed by atoms with Crippen LogP contribution in [0.25, 0.3) is 0 Å². The van der Waals surface area contributed by atoms with Crippen molar-refractivity contribution in [2.24, 2.45) is 0 Å². The van der Waals surface area contributed by atoms with Gasteiger partial charge in [0.1, 0.15) is 5.75 Å². The lowest BCUT2D eigenvalue weighted by molar-refractivity contribution is 0.00578. The quantitative estimate of drug-likeness (QED) is 0.638. The van der Waals surface area contributed by atoms with Crippen LogP contribution in [-0.4, -0.2) is 54.6 Å². The summed E-state index contributed by atoms with van der Waals surface area (Å²) in [7, 11) is 1.16. The van der Waals surface area contributed by atoms with Crippen LogP contribution in [-0.2, 0) is 9.31 Å². The molecule has 1 saturated heterocycles. The smallest absolute Gasteiger partial charge is 0.494 e. The Morgan fingerprint density at radius 1 is 1.17 bits per heavy atom. The van der Waals surface area contributed by atoms with Crippen LogP contribution in [0.3, 0.4) is 0 Å². The van der Waals surface area contributed by atoms with Crippen molar-refractivity contribution in [3.8, 4) is 5.75 Å². The Kier molecular flexibility index (Phi) is 5.45. The van der Waals surface area contributed by atoms with Crippen LogP contribution in [0.15, 0.2) is 24.3 Å². The van der Waals surface area contributed by atoms with Crippen molar-refractivity contribution >= 4 is 18.7 Å². The normalized spacial score (nSPS) is 18.5. The van der Waals surface area contributed by atoms with Gasteiger partial charge in [0.25, 0.3) is 0 Å². The Balaban J connectivity index is 1.85. The molecule has 1 aliphatic heterocycles. The third kappa shape index (κ3) is 4.21. The molecule has 0 radical (unpaired) electrons. The highest BCUT2D eigenvalue weighted by molar-refractivity contribution is 6.62. The van der Waals surface area contributed by atoms with Crippen LogP contribution < -0.4 is 10.2 Å². The summed E-state index contributed by atoms with van der Waals surface area (Å²) in [5, 5.41) is 8.77. The molecule has 0 unspecified atom stereocenters. The second kappa shape index (κ2) is 7.03. The summed E-state index contributed by atoms with van der Waals surface area (Å²) >= 11 is 0.